The van der Waals surface area contributed by atoms with E-state index in [1.165, 1.54) is 20.3 Å². The van der Waals surface area contributed by atoms with E-state index in [1.54, 1.807) is 24.3 Å². The maximum Gasteiger partial charge on any atom is 0.343 e. The number of esters is 1. The Bertz CT molecular complexity index is 884. The minimum Gasteiger partial charge on any atom is -0.493 e. The topological polar surface area (TPSA) is 83.1 Å². The van der Waals surface area contributed by atoms with E-state index in [-0.39, 0.29) is 12.5 Å². The van der Waals surface area contributed by atoms with Gasteiger partial charge in [0.1, 0.15) is 5.75 Å². The first-order valence-electron chi connectivity index (χ1n) is 9.01. The molecule has 1 amide bonds. The average Bonchev–Trinajstić information content (AvgIpc) is 2.72. The standard InChI is InChI=1S/C21H24ClNO6/c1-5-8-28-20-16(22)10-14(11-18(20)26-3)21(25)23-17-7-6-15(9-13(17)2)29-12-19(24)27-4/h6-7,9-11H,5,8,12H2,1-4H3,(H,23,25). The van der Waals surface area contributed by atoms with Crippen LogP contribution in [0.3, 0.4) is 0 Å². The molecule has 0 aliphatic rings. The zero-order valence-corrected chi connectivity index (χ0v) is 17.6. The summed E-state index contributed by atoms with van der Waals surface area (Å²) in [5.41, 5.74) is 1.70. The van der Waals surface area contributed by atoms with Crippen LogP contribution in [0.15, 0.2) is 30.3 Å². The molecule has 0 radical (unpaired) electrons. The van der Waals surface area contributed by atoms with Gasteiger partial charge in [-0.2, -0.15) is 0 Å². The molecular formula is C21H24ClNO6. The molecule has 29 heavy (non-hydrogen) atoms. The number of carbonyl (C=O) groups excluding carboxylic acids is 2. The Morgan fingerprint density at radius 2 is 1.86 bits per heavy atom. The molecule has 2 aromatic rings. The van der Waals surface area contributed by atoms with E-state index >= 15 is 0 Å². The van der Waals surface area contributed by atoms with Crippen molar-refractivity contribution in [2.75, 3.05) is 32.8 Å². The largest absolute Gasteiger partial charge is 0.493 e. The zero-order chi connectivity index (χ0) is 21.4. The van der Waals surface area contributed by atoms with Crippen LogP contribution in [0.25, 0.3) is 0 Å². The Kier molecular flexibility index (Phi) is 8.15. The lowest BCUT2D eigenvalue weighted by molar-refractivity contribution is -0.142. The lowest BCUT2D eigenvalue weighted by Gasteiger charge is -2.15. The van der Waals surface area contributed by atoms with Crippen molar-refractivity contribution in [1.29, 1.82) is 0 Å². The SMILES string of the molecule is CCCOc1c(Cl)cc(C(=O)Nc2ccc(OCC(=O)OC)cc2C)cc1OC. The van der Waals surface area contributed by atoms with Gasteiger partial charge >= 0.3 is 5.97 Å². The van der Waals surface area contributed by atoms with E-state index in [2.05, 4.69) is 10.1 Å². The molecule has 1 N–H and O–H groups in total. The third-order valence-corrected chi connectivity index (χ3v) is 4.25. The van der Waals surface area contributed by atoms with Crippen LogP contribution in [0.4, 0.5) is 5.69 Å². The van der Waals surface area contributed by atoms with Crippen molar-refractivity contribution in [1.82, 2.24) is 0 Å². The zero-order valence-electron chi connectivity index (χ0n) is 16.8. The number of ether oxygens (including phenoxy) is 4. The summed E-state index contributed by atoms with van der Waals surface area (Å²) in [4.78, 5) is 23.9. The molecule has 7 nitrogen and oxygen atoms in total. The molecule has 2 aromatic carbocycles. The van der Waals surface area contributed by atoms with Gasteiger partial charge in [0.05, 0.1) is 25.8 Å². The number of benzene rings is 2. The van der Waals surface area contributed by atoms with Crippen molar-refractivity contribution in [3.05, 3.63) is 46.5 Å². The summed E-state index contributed by atoms with van der Waals surface area (Å²) in [6.45, 7) is 4.10. The van der Waals surface area contributed by atoms with Gasteiger partial charge in [0.25, 0.3) is 5.91 Å². The molecule has 156 valence electrons. The van der Waals surface area contributed by atoms with E-state index in [0.29, 0.717) is 40.1 Å². The molecule has 0 aliphatic heterocycles. The average molecular weight is 422 g/mol. The number of amides is 1. The van der Waals surface area contributed by atoms with Crippen LogP contribution in [-0.2, 0) is 9.53 Å². The molecule has 0 aliphatic carbocycles. The number of carbonyl (C=O) groups is 2. The fraction of sp³-hybridized carbons (Fsp3) is 0.333. The third-order valence-electron chi connectivity index (χ3n) is 3.97. The summed E-state index contributed by atoms with van der Waals surface area (Å²) in [7, 11) is 2.78. The predicted octanol–water partition coefficient (Wildman–Crippen LogP) is 4.25. The van der Waals surface area contributed by atoms with E-state index in [9.17, 15) is 9.59 Å². The van der Waals surface area contributed by atoms with Crippen molar-refractivity contribution in [3.63, 3.8) is 0 Å². The molecule has 0 spiro atoms. The Morgan fingerprint density at radius 1 is 1.10 bits per heavy atom. The fourth-order valence-electron chi connectivity index (χ4n) is 2.46. The summed E-state index contributed by atoms with van der Waals surface area (Å²) >= 11 is 6.28. The Morgan fingerprint density at radius 3 is 2.48 bits per heavy atom. The molecule has 2 rings (SSSR count). The quantitative estimate of drug-likeness (QED) is 0.609. The van der Waals surface area contributed by atoms with Crippen molar-refractivity contribution < 1.29 is 28.5 Å². The fourth-order valence-corrected chi connectivity index (χ4v) is 2.72. The smallest absolute Gasteiger partial charge is 0.343 e. The molecule has 0 saturated heterocycles. The summed E-state index contributed by atoms with van der Waals surface area (Å²) in [5.74, 6) is 0.471. The van der Waals surface area contributed by atoms with E-state index in [1.807, 2.05) is 13.8 Å². The minimum absolute atomic E-state index is 0.188. The van der Waals surface area contributed by atoms with Gasteiger partial charge in [0.15, 0.2) is 18.1 Å². The number of halogens is 1. The monoisotopic (exact) mass is 421 g/mol. The second kappa shape index (κ2) is 10.6. The first-order valence-corrected chi connectivity index (χ1v) is 9.39. The highest BCUT2D eigenvalue weighted by Gasteiger charge is 2.17. The van der Waals surface area contributed by atoms with Crippen LogP contribution in [0, 0.1) is 6.92 Å². The highest BCUT2D eigenvalue weighted by molar-refractivity contribution is 6.32. The lowest BCUT2D eigenvalue weighted by atomic mass is 10.1. The van der Waals surface area contributed by atoms with Gasteiger partial charge in [-0.25, -0.2) is 4.79 Å². The number of rotatable bonds is 9. The molecule has 8 heteroatoms. The van der Waals surface area contributed by atoms with Crippen LogP contribution in [0.2, 0.25) is 5.02 Å². The van der Waals surface area contributed by atoms with Crippen LogP contribution >= 0.6 is 11.6 Å². The van der Waals surface area contributed by atoms with Gasteiger partial charge in [-0.1, -0.05) is 18.5 Å². The first-order chi connectivity index (χ1) is 13.9. The van der Waals surface area contributed by atoms with Gasteiger partial charge in [-0.05, 0) is 49.2 Å². The van der Waals surface area contributed by atoms with Gasteiger partial charge in [-0.3, -0.25) is 4.79 Å². The molecule has 0 unspecified atom stereocenters. The summed E-state index contributed by atoms with van der Waals surface area (Å²) < 4.78 is 20.8. The molecular weight excluding hydrogens is 398 g/mol. The number of aryl methyl sites for hydroxylation is 1. The van der Waals surface area contributed by atoms with Crippen molar-refractivity contribution in [2.24, 2.45) is 0 Å². The van der Waals surface area contributed by atoms with Gasteiger partial charge in [-0.15, -0.1) is 0 Å². The third kappa shape index (κ3) is 6.02. The van der Waals surface area contributed by atoms with Crippen molar-refractivity contribution >= 4 is 29.2 Å². The van der Waals surface area contributed by atoms with E-state index < -0.39 is 5.97 Å². The van der Waals surface area contributed by atoms with Crippen molar-refractivity contribution in [2.45, 2.75) is 20.3 Å². The Hall–Kier alpha value is -2.93. The summed E-state index contributed by atoms with van der Waals surface area (Å²) in [6.07, 6.45) is 0.820. The van der Waals surface area contributed by atoms with Gasteiger partial charge < -0.3 is 24.3 Å². The van der Waals surface area contributed by atoms with Crippen molar-refractivity contribution in [3.8, 4) is 17.2 Å². The Labute approximate surface area is 174 Å². The van der Waals surface area contributed by atoms with Gasteiger partial charge in [0.2, 0.25) is 0 Å². The summed E-state index contributed by atoms with van der Waals surface area (Å²) in [5, 5.41) is 3.13. The van der Waals surface area contributed by atoms with Crippen LogP contribution in [0.5, 0.6) is 17.2 Å². The molecule has 0 fully saturated rings. The predicted molar refractivity (Wildman–Crippen MR) is 110 cm³/mol. The maximum atomic E-state index is 12.7. The number of hydrogen-bond acceptors (Lipinski definition) is 6. The molecule has 0 bridgehead atoms. The molecule has 0 atom stereocenters. The number of hydrogen-bond donors (Lipinski definition) is 1. The van der Waals surface area contributed by atoms with Crippen LogP contribution < -0.4 is 19.5 Å². The molecule has 0 heterocycles. The van der Waals surface area contributed by atoms with E-state index in [0.717, 1.165) is 12.0 Å². The number of methoxy groups -OCH3 is 2. The van der Waals surface area contributed by atoms with Crippen LogP contribution in [-0.4, -0.2) is 39.3 Å². The first kappa shape index (κ1) is 22.4. The highest BCUT2D eigenvalue weighted by atomic mass is 35.5. The lowest BCUT2D eigenvalue weighted by Crippen LogP contribution is -2.14. The van der Waals surface area contributed by atoms with Gasteiger partial charge in [0, 0.05) is 11.3 Å². The normalized spacial score (nSPS) is 10.2. The number of anilines is 1. The molecule has 0 saturated carbocycles. The minimum atomic E-state index is -0.475. The second-order valence-corrected chi connectivity index (χ2v) is 6.54. The van der Waals surface area contributed by atoms with Crippen LogP contribution in [0.1, 0.15) is 29.3 Å². The number of nitrogens with one attached hydrogen (secondary N) is 1. The maximum absolute atomic E-state index is 12.7. The van der Waals surface area contributed by atoms with E-state index in [4.69, 9.17) is 25.8 Å². The highest BCUT2D eigenvalue weighted by Crippen LogP contribution is 2.36. The summed E-state index contributed by atoms with van der Waals surface area (Å²) in [6, 6.07) is 8.18. The second-order valence-electron chi connectivity index (χ2n) is 6.13. The Balaban J connectivity index is 2.15. The molecule has 0 aromatic heterocycles.